The molecule has 0 spiro atoms. The topological polar surface area (TPSA) is 63.4 Å². The van der Waals surface area contributed by atoms with E-state index in [-0.39, 0.29) is 5.56 Å². The van der Waals surface area contributed by atoms with Crippen LogP contribution in [0.15, 0.2) is 18.2 Å². The second-order valence-electron chi connectivity index (χ2n) is 4.84. The molecule has 8 heteroatoms. The van der Waals surface area contributed by atoms with Gasteiger partial charge in [0, 0.05) is 19.2 Å². The maximum absolute atomic E-state index is 12.6. The number of hydrogen-bond donors (Lipinski definition) is 0. The highest BCUT2D eigenvalue weighted by atomic mass is 19.4. The standard InChI is InChI=1S/C13H13F3N2O3/c14-13(15,16)9-4-5-10(11(8-9)18(20)21)12(19)17-6-2-1-3-7-17/h4-5,8H,1-3,6-7H2. The van der Waals surface area contributed by atoms with Gasteiger partial charge in [0.15, 0.2) is 0 Å². The third-order valence-corrected chi connectivity index (χ3v) is 3.40. The van der Waals surface area contributed by atoms with E-state index in [0.29, 0.717) is 25.2 Å². The smallest absolute Gasteiger partial charge is 0.338 e. The number of benzene rings is 1. The Kier molecular flexibility index (Phi) is 4.15. The molecule has 0 N–H and O–H groups in total. The molecule has 0 radical (unpaired) electrons. The van der Waals surface area contributed by atoms with Crippen LogP contribution in [0.1, 0.15) is 35.2 Å². The zero-order valence-corrected chi connectivity index (χ0v) is 11.0. The molecule has 0 atom stereocenters. The summed E-state index contributed by atoms with van der Waals surface area (Å²) in [6.45, 7) is 0.939. The van der Waals surface area contributed by atoms with Crippen molar-refractivity contribution in [2.24, 2.45) is 0 Å². The van der Waals surface area contributed by atoms with Crippen molar-refractivity contribution in [1.29, 1.82) is 0 Å². The summed E-state index contributed by atoms with van der Waals surface area (Å²) in [6.07, 6.45) is -2.13. The fourth-order valence-electron chi connectivity index (χ4n) is 2.31. The first-order valence-corrected chi connectivity index (χ1v) is 6.45. The van der Waals surface area contributed by atoms with Crippen molar-refractivity contribution < 1.29 is 22.9 Å². The molecular formula is C13H13F3N2O3. The highest BCUT2D eigenvalue weighted by Crippen LogP contribution is 2.33. The van der Waals surface area contributed by atoms with Crippen molar-refractivity contribution in [2.75, 3.05) is 13.1 Å². The van der Waals surface area contributed by atoms with Gasteiger partial charge in [-0.05, 0) is 31.4 Å². The molecule has 1 fully saturated rings. The van der Waals surface area contributed by atoms with Gasteiger partial charge in [0.05, 0.1) is 10.5 Å². The van der Waals surface area contributed by atoms with Gasteiger partial charge in [0.25, 0.3) is 11.6 Å². The third kappa shape index (κ3) is 3.32. The summed E-state index contributed by atoms with van der Waals surface area (Å²) in [7, 11) is 0. The van der Waals surface area contributed by atoms with Crippen molar-refractivity contribution in [2.45, 2.75) is 25.4 Å². The van der Waals surface area contributed by atoms with Crippen molar-refractivity contribution in [3.8, 4) is 0 Å². The van der Waals surface area contributed by atoms with Crippen molar-refractivity contribution in [3.63, 3.8) is 0 Å². The van der Waals surface area contributed by atoms with Crippen LogP contribution in [0.2, 0.25) is 0 Å². The first-order valence-electron chi connectivity index (χ1n) is 6.45. The van der Waals surface area contributed by atoms with Gasteiger partial charge in [-0.2, -0.15) is 13.2 Å². The molecule has 1 aliphatic rings. The van der Waals surface area contributed by atoms with E-state index < -0.39 is 28.3 Å². The lowest BCUT2D eigenvalue weighted by atomic mass is 10.1. The van der Waals surface area contributed by atoms with E-state index in [1.165, 1.54) is 4.90 Å². The molecule has 1 heterocycles. The Balaban J connectivity index is 2.38. The number of alkyl halides is 3. The molecule has 5 nitrogen and oxygen atoms in total. The normalized spacial score (nSPS) is 15.9. The van der Waals surface area contributed by atoms with E-state index in [0.717, 1.165) is 25.3 Å². The lowest BCUT2D eigenvalue weighted by Gasteiger charge is -2.26. The van der Waals surface area contributed by atoms with E-state index in [1.807, 2.05) is 0 Å². The number of carbonyl (C=O) groups excluding carboxylic acids is 1. The molecule has 1 amide bonds. The molecule has 1 aromatic carbocycles. The molecule has 1 saturated heterocycles. The zero-order chi connectivity index (χ0) is 15.6. The highest BCUT2D eigenvalue weighted by Gasteiger charge is 2.34. The van der Waals surface area contributed by atoms with Crippen LogP contribution in [-0.2, 0) is 6.18 Å². The number of amides is 1. The minimum Gasteiger partial charge on any atom is -0.338 e. The van der Waals surface area contributed by atoms with Gasteiger partial charge in [-0.15, -0.1) is 0 Å². The second kappa shape index (κ2) is 5.71. The summed E-state index contributed by atoms with van der Waals surface area (Å²) >= 11 is 0. The lowest BCUT2D eigenvalue weighted by Crippen LogP contribution is -2.36. The van der Waals surface area contributed by atoms with E-state index in [9.17, 15) is 28.1 Å². The summed E-state index contributed by atoms with van der Waals surface area (Å²) in [5.74, 6) is -0.588. The molecule has 0 aliphatic carbocycles. The van der Waals surface area contributed by atoms with Gasteiger partial charge in [0.2, 0.25) is 0 Å². The van der Waals surface area contributed by atoms with Crippen molar-refractivity contribution >= 4 is 11.6 Å². The lowest BCUT2D eigenvalue weighted by molar-refractivity contribution is -0.385. The minimum atomic E-state index is -4.68. The van der Waals surface area contributed by atoms with E-state index in [2.05, 4.69) is 0 Å². The molecule has 0 unspecified atom stereocenters. The molecule has 0 aromatic heterocycles. The average Bonchev–Trinajstić information content (AvgIpc) is 2.45. The molecule has 0 saturated carbocycles. The summed E-state index contributed by atoms with van der Waals surface area (Å²) in [6, 6.07) is 2.00. The Morgan fingerprint density at radius 3 is 2.33 bits per heavy atom. The molecule has 0 bridgehead atoms. The van der Waals surface area contributed by atoms with Crippen LogP contribution in [0.25, 0.3) is 0 Å². The minimum absolute atomic E-state index is 0.296. The summed E-state index contributed by atoms with van der Waals surface area (Å²) in [5.41, 5.74) is -2.24. The zero-order valence-electron chi connectivity index (χ0n) is 11.0. The number of hydrogen-bond acceptors (Lipinski definition) is 3. The quantitative estimate of drug-likeness (QED) is 0.622. The molecule has 21 heavy (non-hydrogen) atoms. The predicted molar refractivity (Wildman–Crippen MR) is 67.9 cm³/mol. The number of carbonyl (C=O) groups is 1. The predicted octanol–water partition coefficient (Wildman–Crippen LogP) is 3.24. The number of rotatable bonds is 2. The number of nitrogens with zero attached hydrogens (tertiary/aromatic N) is 2. The fraction of sp³-hybridized carbons (Fsp3) is 0.462. The maximum atomic E-state index is 12.6. The van der Waals surface area contributed by atoms with Crippen molar-refractivity contribution in [3.05, 3.63) is 39.4 Å². The monoisotopic (exact) mass is 302 g/mol. The number of nitro groups is 1. The van der Waals surface area contributed by atoms with E-state index >= 15 is 0 Å². The number of nitro benzene ring substituents is 1. The first-order chi connectivity index (χ1) is 9.80. The Bertz CT molecular complexity index is 566. The summed E-state index contributed by atoms with van der Waals surface area (Å²) < 4.78 is 37.8. The summed E-state index contributed by atoms with van der Waals surface area (Å²) in [4.78, 5) is 23.7. The molecule has 1 aliphatic heterocycles. The van der Waals surface area contributed by atoms with Crippen LogP contribution < -0.4 is 0 Å². The van der Waals surface area contributed by atoms with Crippen LogP contribution in [0.4, 0.5) is 18.9 Å². The van der Waals surface area contributed by atoms with Gasteiger partial charge in [-0.1, -0.05) is 0 Å². The molecule has 1 aromatic rings. The molecule has 114 valence electrons. The summed E-state index contributed by atoms with van der Waals surface area (Å²) in [5, 5.41) is 11.0. The first kappa shape index (κ1) is 15.3. The van der Waals surface area contributed by atoms with Crippen LogP contribution in [0.3, 0.4) is 0 Å². The van der Waals surface area contributed by atoms with E-state index in [1.54, 1.807) is 0 Å². The van der Waals surface area contributed by atoms with Gasteiger partial charge in [-0.25, -0.2) is 0 Å². The largest absolute Gasteiger partial charge is 0.416 e. The van der Waals surface area contributed by atoms with Gasteiger partial charge >= 0.3 is 6.18 Å². The Hall–Kier alpha value is -2.12. The van der Waals surface area contributed by atoms with Crippen molar-refractivity contribution in [1.82, 2.24) is 4.90 Å². The SMILES string of the molecule is O=C(c1ccc(C(F)(F)F)cc1[N+](=O)[O-])N1CCCCC1. The number of piperidine rings is 1. The number of halogens is 3. The Morgan fingerprint density at radius 1 is 1.19 bits per heavy atom. The van der Waals surface area contributed by atoms with Gasteiger partial charge < -0.3 is 4.90 Å². The highest BCUT2D eigenvalue weighted by molar-refractivity contribution is 5.98. The van der Waals surface area contributed by atoms with Crippen LogP contribution in [-0.4, -0.2) is 28.8 Å². The average molecular weight is 302 g/mol. The van der Waals surface area contributed by atoms with Gasteiger partial charge in [-0.3, -0.25) is 14.9 Å². The number of likely N-dealkylation sites (tertiary alicyclic amines) is 1. The maximum Gasteiger partial charge on any atom is 0.416 e. The second-order valence-corrected chi connectivity index (χ2v) is 4.84. The Morgan fingerprint density at radius 2 is 1.81 bits per heavy atom. The molecular weight excluding hydrogens is 289 g/mol. The Labute approximate surface area is 118 Å². The van der Waals surface area contributed by atoms with Crippen LogP contribution in [0.5, 0.6) is 0 Å². The fourth-order valence-corrected chi connectivity index (χ4v) is 2.31. The van der Waals surface area contributed by atoms with Crippen LogP contribution in [0, 0.1) is 10.1 Å². The van der Waals surface area contributed by atoms with Crippen LogP contribution >= 0.6 is 0 Å². The van der Waals surface area contributed by atoms with E-state index in [4.69, 9.17) is 0 Å². The third-order valence-electron chi connectivity index (χ3n) is 3.40. The molecule has 2 rings (SSSR count). The van der Waals surface area contributed by atoms with Gasteiger partial charge in [0.1, 0.15) is 5.56 Å².